The molecule has 1 heterocycles. The van der Waals surface area contributed by atoms with Crippen molar-refractivity contribution in [1.82, 2.24) is 0 Å². The van der Waals surface area contributed by atoms with Crippen LogP contribution in [-0.4, -0.2) is 24.5 Å². The van der Waals surface area contributed by atoms with Gasteiger partial charge in [-0.2, -0.15) is 0 Å². The van der Waals surface area contributed by atoms with Gasteiger partial charge in [0, 0.05) is 11.3 Å². The van der Waals surface area contributed by atoms with Crippen molar-refractivity contribution in [2.24, 2.45) is 0 Å². The summed E-state index contributed by atoms with van der Waals surface area (Å²) in [6, 6.07) is 12.0. The molecule has 0 fully saturated rings. The van der Waals surface area contributed by atoms with E-state index in [-0.39, 0.29) is 11.8 Å². The Morgan fingerprint density at radius 1 is 1.25 bits per heavy atom. The van der Waals surface area contributed by atoms with Crippen molar-refractivity contribution in [3.8, 4) is 11.5 Å². The van der Waals surface area contributed by atoms with Gasteiger partial charge in [-0.3, -0.25) is 9.59 Å². The maximum atomic E-state index is 12.3. The third-order valence-electron chi connectivity index (χ3n) is 3.60. The van der Waals surface area contributed by atoms with Crippen LogP contribution in [0.5, 0.6) is 11.5 Å². The lowest BCUT2D eigenvalue weighted by atomic mass is 10.1. The fraction of sp³-hybridized carbons (Fsp3) is 0.222. The third-order valence-corrected chi connectivity index (χ3v) is 3.60. The Morgan fingerprint density at radius 2 is 2.00 bits per heavy atom. The van der Waals surface area contributed by atoms with Gasteiger partial charge < -0.3 is 20.1 Å². The van der Waals surface area contributed by atoms with Crippen LogP contribution in [0.15, 0.2) is 42.5 Å². The van der Waals surface area contributed by atoms with Crippen LogP contribution >= 0.6 is 0 Å². The molecule has 1 aliphatic heterocycles. The molecule has 3 rings (SSSR count). The summed E-state index contributed by atoms with van der Waals surface area (Å²) in [6.45, 7) is 4.16. The zero-order valence-electron chi connectivity index (χ0n) is 13.5. The molecule has 0 radical (unpaired) electrons. The van der Waals surface area contributed by atoms with E-state index in [1.54, 1.807) is 49.4 Å². The summed E-state index contributed by atoms with van der Waals surface area (Å²) < 4.78 is 10.8. The average molecular weight is 326 g/mol. The van der Waals surface area contributed by atoms with E-state index in [0.717, 1.165) is 5.75 Å². The quantitative estimate of drug-likeness (QED) is 0.905. The van der Waals surface area contributed by atoms with E-state index in [9.17, 15) is 9.59 Å². The topological polar surface area (TPSA) is 76.7 Å². The maximum absolute atomic E-state index is 12.3. The van der Waals surface area contributed by atoms with Crippen molar-refractivity contribution in [2.75, 3.05) is 17.2 Å². The summed E-state index contributed by atoms with van der Waals surface area (Å²) in [5.74, 6) is 0.852. The number of carbonyl (C=O) groups is 2. The zero-order chi connectivity index (χ0) is 17.1. The zero-order valence-corrected chi connectivity index (χ0v) is 13.5. The maximum Gasteiger partial charge on any atom is 0.265 e. The minimum atomic E-state index is -0.526. The molecule has 0 unspecified atom stereocenters. The van der Waals surface area contributed by atoms with Crippen molar-refractivity contribution < 1.29 is 19.1 Å². The third kappa shape index (κ3) is 3.32. The number of amides is 2. The van der Waals surface area contributed by atoms with E-state index >= 15 is 0 Å². The Bertz CT molecular complexity index is 771. The summed E-state index contributed by atoms with van der Waals surface area (Å²) >= 11 is 0. The first kappa shape index (κ1) is 15.9. The highest BCUT2D eigenvalue weighted by Gasteiger charge is 2.23. The monoisotopic (exact) mass is 326 g/mol. The van der Waals surface area contributed by atoms with Crippen LogP contribution in [0.1, 0.15) is 24.2 Å². The van der Waals surface area contributed by atoms with E-state index in [2.05, 4.69) is 10.6 Å². The molecule has 24 heavy (non-hydrogen) atoms. The molecule has 2 N–H and O–H groups in total. The fourth-order valence-electron chi connectivity index (χ4n) is 2.36. The molecule has 2 aromatic carbocycles. The van der Waals surface area contributed by atoms with Crippen molar-refractivity contribution in [2.45, 2.75) is 20.0 Å². The first-order valence-electron chi connectivity index (χ1n) is 7.72. The van der Waals surface area contributed by atoms with Gasteiger partial charge in [-0.05, 0) is 56.3 Å². The number of ether oxygens (including phenoxy) is 2. The average Bonchev–Trinajstić information content (AvgIpc) is 2.57. The number of benzene rings is 2. The predicted molar refractivity (Wildman–Crippen MR) is 90.7 cm³/mol. The normalized spacial score (nSPS) is 15.8. The van der Waals surface area contributed by atoms with Crippen LogP contribution in [0, 0.1) is 0 Å². The van der Waals surface area contributed by atoms with Gasteiger partial charge in [0.05, 0.1) is 12.3 Å². The number of hydrogen-bond acceptors (Lipinski definition) is 4. The van der Waals surface area contributed by atoms with Gasteiger partial charge in [0.15, 0.2) is 6.10 Å². The molecule has 6 heteroatoms. The first-order chi connectivity index (χ1) is 11.6. The van der Waals surface area contributed by atoms with Crippen LogP contribution < -0.4 is 20.1 Å². The Morgan fingerprint density at radius 3 is 2.71 bits per heavy atom. The minimum absolute atomic E-state index is 0.211. The fourth-order valence-corrected chi connectivity index (χ4v) is 2.36. The van der Waals surface area contributed by atoms with Crippen molar-refractivity contribution in [3.05, 3.63) is 48.0 Å². The molecular formula is C18H18N2O4. The van der Waals surface area contributed by atoms with Crippen LogP contribution in [0.2, 0.25) is 0 Å². The van der Waals surface area contributed by atoms with E-state index in [1.165, 1.54) is 0 Å². The predicted octanol–water partition coefficient (Wildman–Crippen LogP) is 3.06. The second kappa shape index (κ2) is 6.62. The van der Waals surface area contributed by atoms with E-state index < -0.39 is 6.10 Å². The SMILES string of the molecule is CCOc1ccc(C(=O)Nc2ccc3c(c2)NC(=O)[C@H](C)O3)cc1. The molecule has 1 atom stereocenters. The Kier molecular flexibility index (Phi) is 4.37. The van der Waals surface area contributed by atoms with Crippen LogP contribution in [0.25, 0.3) is 0 Å². The molecule has 0 saturated heterocycles. The molecule has 0 spiro atoms. The molecule has 2 aromatic rings. The van der Waals surface area contributed by atoms with Gasteiger partial charge in [0.25, 0.3) is 11.8 Å². The highest BCUT2D eigenvalue weighted by Crippen LogP contribution is 2.32. The molecule has 0 saturated carbocycles. The second-order valence-electron chi connectivity index (χ2n) is 5.37. The summed E-state index contributed by atoms with van der Waals surface area (Å²) in [5, 5.41) is 5.55. The van der Waals surface area contributed by atoms with Gasteiger partial charge in [-0.25, -0.2) is 0 Å². The Balaban J connectivity index is 1.73. The van der Waals surface area contributed by atoms with Crippen molar-refractivity contribution in [1.29, 1.82) is 0 Å². The number of nitrogens with one attached hydrogen (secondary N) is 2. The van der Waals surface area contributed by atoms with Crippen LogP contribution in [-0.2, 0) is 4.79 Å². The lowest BCUT2D eigenvalue weighted by molar-refractivity contribution is -0.122. The molecule has 2 amide bonds. The van der Waals surface area contributed by atoms with Gasteiger partial charge in [0.2, 0.25) is 0 Å². The van der Waals surface area contributed by atoms with Crippen molar-refractivity contribution in [3.63, 3.8) is 0 Å². The minimum Gasteiger partial charge on any atom is -0.494 e. The summed E-state index contributed by atoms with van der Waals surface area (Å²) in [6.07, 6.45) is -0.526. The van der Waals surface area contributed by atoms with Gasteiger partial charge in [-0.15, -0.1) is 0 Å². The van der Waals surface area contributed by atoms with E-state index in [0.29, 0.717) is 29.3 Å². The number of fused-ring (bicyclic) bond motifs is 1. The van der Waals surface area contributed by atoms with Gasteiger partial charge in [-0.1, -0.05) is 0 Å². The van der Waals surface area contributed by atoms with Gasteiger partial charge in [0.1, 0.15) is 11.5 Å². The number of rotatable bonds is 4. The number of carbonyl (C=O) groups excluding carboxylic acids is 2. The molecular weight excluding hydrogens is 308 g/mol. The lowest BCUT2D eigenvalue weighted by Crippen LogP contribution is -2.34. The summed E-state index contributed by atoms with van der Waals surface area (Å²) in [5.41, 5.74) is 1.64. The van der Waals surface area contributed by atoms with E-state index in [4.69, 9.17) is 9.47 Å². The Labute approximate surface area is 139 Å². The molecule has 0 aliphatic carbocycles. The molecule has 124 valence electrons. The smallest absolute Gasteiger partial charge is 0.265 e. The van der Waals surface area contributed by atoms with Crippen molar-refractivity contribution >= 4 is 23.2 Å². The number of hydrogen-bond donors (Lipinski definition) is 2. The van der Waals surface area contributed by atoms with Crippen LogP contribution in [0.4, 0.5) is 11.4 Å². The summed E-state index contributed by atoms with van der Waals surface area (Å²) in [7, 11) is 0. The largest absolute Gasteiger partial charge is 0.494 e. The van der Waals surface area contributed by atoms with E-state index in [1.807, 2.05) is 6.92 Å². The second-order valence-corrected chi connectivity index (χ2v) is 5.37. The highest BCUT2D eigenvalue weighted by molar-refractivity contribution is 6.05. The summed E-state index contributed by atoms with van der Waals surface area (Å²) in [4.78, 5) is 24.0. The van der Waals surface area contributed by atoms with Gasteiger partial charge >= 0.3 is 0 Å². The molecule has 1 aliphatic rings. The first-order valence-corrected chi connectivity index (χ1v) is 7.72. The molecule has 6 nitrogen and oxygen atoms in total. The Hall–Kier alpha value is -3.02. The standard InChI is InChI=1S/C18H18N2O4/c1-3-23-14-7-4-12(5-8-14)18(22)19-13-6-9-16-15(10-13)20-17(21)11(2)24-16/h4-11H,3H2,1-2H3,(H,19,22)(H,20,21)/t11-/m0/s1. The van der Waals surface area contributed by atoms with Crippen LogP contribution in [0.3, 0.4) is 0 Å². The highest BCUT2D eigenvalue weighted by atomic mass is 16.5. The lowest BCUT2D eigenvalue weighted by Gasteiger charge is -2.23. The number of anilines is 2. The molecule has 0 bridgehead atoms. The molecule has 0 aromatic heterocycles.